The average molecular weight is 361 g/mol. The number of pyridine rings is 1. The minimum atomic E-state index is -0.538. The van der Waals surface area contributed by atoms with Crippen LogP contribution >= 0.6 is 0 Å². The van der Waals surface area contributed by atoms with Crippen molar-refractivity contribution in [1.82, 2.24) is 4.98 Å². The van der Waals surface area contributed by atoms with Crippen molar-refractivity contribution in [2.24, 2.45) is 0 Å². The molecule has 0 amide bonds. The Morgan fingerprint density at radius 2 is 1.74 bits per heavy atom. The molecule has 0 unspecified atom stereocenters. The van der Waals surface area contributed by atoms with Gasteiger partial charge in [0.1, 0.15) is 11.4 Å². The van der Waals surface area contributed by atoms with Gasteiger partial charge in [-0.1, -0.05) is 36.4 Å². The van der Waals surface area contributed by atoms with Crippen LogP contribution in [0, 0.1) is 0 Å². The van der Waals surface area contributed by atoms with Crippen LogP contribution < -0.4 is 4.74 Å². The summed E-state index contributed by atoms with van der Waals surface area (Å²) in [5.74, 6) is 0.341. The van der Waals surface area contributed by atoms with Gasteiger partial charge in [0.25, 0.3) is 0 Å². The normalized spacial score (nSPS) is 11.7. The van der Waals surface area contributed by atoms with E-state index in [1.165, 1.54) is 6.08 Å². The number of carbonyl (C=O) groups is 1. The lowest BCUT2D eigenvalue weighted by atomic mass is 9.99. The van der Waals surface area contributed by atoms with Crippen LogP contribution in [0.3, 0.4) is 0 Å². The number of fused-ring (bicyclic) bond motifs is 1. The van der Waals surface area contributed by atoms with Crippen molar-refractivity contribution < 1.29 is 14.3 Å². The molecule has 1 aromatic heterocycles. The summed E-state index contributed by atoms with van der Waals surface area (Å²) in [5.41, 5.74) is 1.94. The quantitative estimate of drug-likeness (QED) is 0.469. The Balaban J connectivity index is 2.15. The van der Waals surface area contributed by atoms with Crippen molar-refractivity contribution in [3.8, 4) is 17.0 Å². The molecule has 3 rings (SSSR count). The zero-order valence-electron chi connectivity index (χ0n) is 16.0. The van der Waals surface area contributed by atoms with Gasteiger partial charge in [-0.15, -0.1) is 0 Å². The first kappa shape index (κ1) is 18.6. The molecule has 2 aromatic carbocycles. The van der Waals surface area contributed by atoms with Gasteiger partial charge in [-0.2, -0.15) is 0 Å². The third-order valence-corrected chi connectivity index (χ3v) is 3.99. The van der Waals surface area contributed by atoms with Crippen LogP contribution in [-0.4, -0.2) is 23.7 Å². The number of hydrogen-bond donors (Lipinski definition) is 0. The number of ether oxygens (including phenoxy) is 2. The number of rotatable bonds is 4. The summed E-state index contributed by atoms with van der Waals surface area (Å²) in [7, 11) is 1.64. The molecule has 0 aliphatic carbocycles. The lowest BCUT2D eigenvalue weighted by Gasteiger charge is -2.18. The molecule has 4 heteroatoms. The van der Waals surface area contributed by atoms with Gasteiger partial charge in [0.15, 0.2) is 0 Å². The second kappa shape index (κ2) is 7.62. The number of hydrogen-bond acceptors (Lipinski definition) is 4. The Hall–Kier alpha value is -3.14. The topological polar surface area (TPSA) is 48.4 Å². The Morgan fingerprint density at radius 1 is 1.04 bits per heavy atom. The minimum Gasteiger partial charge on any atom is -0.496 e. The van der Waals surface area contributed by atoms with Crippen LogP contribution in [0.25, 0.3) is 28.1 Å². The Bertz CT molecular complexity index is 1000. The molecule has 0 N–H and O–H groups in total. The molecule has 0 spiro atoms. The molecule has 3 aromatic rings. The van der Waals surface area contributed by atoms with Gasteiger partial charge in [-0.25, -0.2) is 4.79 Å². The highest BCUT2D eigenvalue weighted by atomic mass is 16.6. The predicted octanol–water partition coefficient (Wildman–Crippen LogP) is 5.27. The van der Waals surface area contributed by atoms with E-state index in [9.17, 15) is 4.79 Å². The van der Waals surface area contributed by atoms with Gasteiger partial charge >= 0.3 is 5.97 Å². The molecule has 0 aliphatic rings. The summed E-state index contributed by atoms with van der Waals surface area (Å²) in [5, 5.41) is 2.01. The monoisotopic (exact) mass is 361 g/mol. The van der Waals surface area contributed by atoms with E-state index in [1.54, 1.807) is 13.2 Å². The molecule has 138 valence electrons. The van der Waals surface area contributed by atoms with Crippen molar-refractivity contribution in [2.75, 3.05) is 7.11 Å². The Kier molecular flexibility index (Phi) is 5.26. The van der Waals surface area contributed by atoms with Crippen LogP contribution in [0.15, 0.2) is 60.8 Å². The third-order valence-electron chi connectivity index (χ3n) is 3.99. The largest absolute Gasteiger partial charge is 0.496 e. The molecule has 0 saturated heterocycles. The first-order chi connectivity index (χ1) is 12.9. The number of para-hydroxylation sites is 1. The van der Waals surface area contributed by atoms with Gasteiger partial charge in [-0.3, -0.25) is 4.98 Å². The van der Waals surface area contributed by atoms with Crippen LogP contribution in [0.1, 0.15) is 26.3 Å². The molecule has 0 bridgehead atoms. The fourth-order valence-electron chi connectivity index (χ4n) is 2.90. The molecule has 27 heavy (non-hydrogen) atoms. The van der Waals surface area contributed by atoms with Crippen LogP contribution in [-0.2, 0) is 9.53 Å². The standard InChI is InChI=1S/C23H23NO3/c1-23(2,3)27-21(25)14-13-18-17-10-6-5-9-16(17)15-24-22(18)19-11-7-8-12-20(19)26-4/h5-15H,1-4H3/b14-13+. The van der Waals surface area contributed by atoms with Crippen LogP contribution in [0.4, 0.5) is 0 Å². The SMILES string of the molecule is COc1ccccc1-c1ncc2ccccc2c1/C=C/C(=O)OC(C)(C)C. The van der Waals surface area contributed by atoms with E-state index < -0.39 is 5.60 Å². The maximum atomic E-state index is 12.2. The maximum Gasteiger partial charge on any atom is 0.331 e. The first-order valence-corrected chi connectivity index (χ1v) is 8.81. The lowest BCUT2D eigenvalue weighted by molar-refractivity contribution is -0.148. The van der Waals surface area contributed by atoms with E-state index in [2.05, 4.69) is 4.98 Å². The number of benzene rings is 2. The number of carbonyl (C=O) groups excluding carboxylic acids is 1. The lowest BCUT2D eigenvalue weighted by Crippen LogP contribution is -2.22. The van der Waals surface area contributed by atoms with E-state index in [-0.39, 0.29) is 5.97 Å². The maximum absolute atomic E-state index is 12.2. The fourth-order valence-corrected chi connectivity index (χ4v) is 2.90. The predicted molar refractivity (Wildman–Crippen MR) is 109 cm³/mol. The summed E-state index contributed by atoms with van der Waals surface area (Å²) in [6, 6.07) is 15.7. The highest BCUT2D eigenvalue weighted by molar-refractivity contribution is 5.99. The molecule has 1 heterocycles. The van der Waals surface area contributed by atoms with E-state index in [0.717, 1.165) is 33.3 Å². The molecule has 0 aliphatic heterocycles. The highest BCUT2D eigenvalue weighted by Crippen LogP contribution is 2.34. The van der Waals surface area contributed by atoms with E-state index >= 15 is 0 Å². The average Bonchev–Trinajstić information content (AvgIpc) is 2.64. The summed E-state index contributed by atoms with van der Waals surface area (Å²) >= 11 is 0. The second-order valence-electron chi connectivity index (χ2n) is 7.17. The molecular weight excluding hydrogens is 338 g/mol. The van der Waals surface area contributed by atoms with Crippen molar-refractivity contribution >= 4 is 22.8 Å². The third kappa shape index (κ3) is 4.34. The van der Waals surface area contributed by atoms with Gasteiger partial charge in [-0.05, 0) is 44.4 Å². The van der Waals surface area contributed by atoms with E-state index in [1.807, 2.05) is 75.5 Å². The molecule has 0 saturated carbocycles. The van der Waals surface area contributed by atoms with Gasteiger partial charge < -0.3 is 9.47 Å². The highest BCUT2D eigenvalue weighted by Gasteiger charge is 2.16. The zero-order valence-corrected chi connectivity index (χ0v) is 16.0. The zero-order chi connectivity index (χ0) is 19.4. The minimum absolute atomic E-state index is 0.388. The van der Waals surface area contributed by atoms with Crippen LogP contribution in [0.2, 0.25) is 0 Å². The summed E-state index contributed by atoms with van der Waals surface area (Å²) < 4.78 is 10.9. The Labute approximate surface area is 159 Å². The molecule has 0 radical (unpaired) electrons. The molecule has 0 atom stereocenters. The molecule has 0 fully saturated rings. The number of aromatic nitrogens is 1. The first-order valence-electron chi connectivity index (χ1n) is 8.81. The van der Waals surface area contributed by atoms with Crippen LogP contribution in [0.5, 0.6) is 5.75 Å². The Morgan fingerprint density at radius 3 is 2.48 bits per heavy atom. The van der Waals surface area contributed by atoms with Gasteiger partial charge in [0, 0.05) is 28.8 Å². The number of esters is 1. The summed E-state index contributed by atoms with van der Waals surface area (Å²) in [6.07, 6.45) is 5.06. The van der Waals surface area contributed by atoms with Crippen molar-refractivity contribution in [3.63, 3.8) is 0 Å². The second-order valence-corrected chi connectivity index (χ2v) is 7.17. The van der Waals surface area contributed by atoms with E-state index in [4.69, 9.17) is 9.47 Å². The van der Waals surface area contributed by atoms with Gasteiger partial charge in [0.2, 0.25) is 0 Å². The fraction of sp³-hybridized carbons (Fsp3) is 0.217. The van der Waals surface area contributed by atoms with E-state index in [0.29, 0.717) is 0 Å². The molecule has 4 nitrogen and oxygen atoms in total. The van der Waals surface area contributed by atoms with Crippen molar-refractivity contribution in [2.45, 2.75) is 26.4 Å². The van der Waals surface area contributed by atoms with Crippen molar-refractivity contribution in [1.29, 1.82) is 0 Å². The smallest absolute Gasteiger partial charge is 0.331 e. The number of methoxy groups -OCH3 is 1. The molecular formula is C23H23NO3. The van der Waals surface area contributed by atoms with Crippen molar-refractivity contribution in [3.05, 3.63) is 66.4 Å². The number of nitrogens with zero attached hydrogens (tertiary/aromatic N) is 1. The summed E-state index contributed by atoms with van der Waals surface area (Å²) in [4.78, 5) is 16.8. The summed E-state index contributed by atoms with van der Waals surface area (Å²) in [6.45, 7) is 5.54. The van der Waals surface area contributed by atoms with Gasteiger partial charge in [0.05, 0.1) is 12.8 Å².